The molecule has 0 spiro atoms. The largest absolute Gasteiger partial charge is 0.483 e. The molecule has 0 saturated heterocycles. The number of imidazole rings is 1. The van der Waals surface area contributed by atoms with E-state index in [9.17, 15) is 18.0 Å². The van der Waals surface area contributed by atoms with E-state index in [2.05, 4.69) is 25.7 Å². The molecule has 4 rings (SSSR count). The summed E-state index contributed by atoms with van der Waals surface area (Å²) in [4.78, 5) is 29.7. The minimum atomic E-state index is -4.70. The first-order valence-corrected chi connectivity index (χ1v) is 13.1. The molecule has 5 N–H and O–H groups in total. The van der Waals surface area contributed by atoms with E-state index in [1.165, 1.54) is 29.2 Å². The maximum absolute atomic E-state index is 13.8. The number of carbonyl (C=O) groups excluding carboxylic acids is 1. The average molecular weight is 602 g/mol. The molecule has 0 fully saturated rings. The van der Waals surface area contributed by atoms with Crippen LogP contribution in [-0.4, -0.2) is 67.9 Å². The Kier molecular flexibility index (Phi) is 11.6. The van der Waals surface area contributed by atoms with Crippen LogP contribution in [0.3, 0.4) is 0 Å². The van der Waals surface area contributed by atoms with Gasteiger partial charge in [-0.2, -0.15) is 23.5 Å². The molecule has 0 aliphatic carbocycles. The Morgan fingerprint density at radius 3 is 2.72 bits per heavy atom. The second-order valence-electron chi connectivity index (χ2n) is 8.79. The summed E-state index contributed by atoms with van der Waals surface area (Å²) < 4.78 is 49.2. The Hall–Kier alpha value is -5.01. The molecule has 3 aromatic heterocycles. The van der Waals surface area contributed by atoms with Crippen molar-refractivity contribution in [1.29, 1.82) is 5.26 Å². The molecule has 0 atom stereocenters. The molecule has 0 bridgehead atoms. The highest BCUT2D eigenvalue weighted by atomic mass is 19.4. The number of benzene rings is 1. The molecule has 228 valence electrons. The van der Waals surface area contributed by atoms with Crippen molar-refractivity contribution >= 4 is 29.5 Å². The Morgan fingerprint density at radius 2 is 2.05 bits per heavy atom. The monoisotopic (exact) mass is 601 g/mol. The van der Waals surface area contributed by atoms with Gasteiger partial charge in [0.2, 0.25) is 0 Å². The fraction of sp³-hybridized carbons (Fsp3) is 0.333. The summed E-state index contributed by atoms with van der Waals surface area (Å²) in [6.45, 7) is 3.24. The van der Waals surface area contributed by atoms with Gasteiger partial charge < -0.3 is 26.2 Å². The number of fused-ring (bicyclic) bond motifs is 1. The number of rotatable bonds is 12. The number of anilines is 2. The summed E-state index contributed by atoms with van der Waals surface area (Å²) in [6, 6.07) is 7.13. The van der Waals surface area contributed by atoms with E-state index in [0.29, 0.717) is 55.4 Å². The van der Waals surface area contributed by atoms with Gasteiger partial charge in [-0.25, -0.2) is 9.97 Å². The molecule has 16 heteroatoms. The fourth-order valence-electron chi connectivity index (χ4n) is 4.14. The van der Waals surface area contributed by atoms with E-state index in [4.69, 9.17) is 25.6 Å². The number of ether oxygens (including phenoxy) is 1. The number of carboxylic acid groups (broad SMARTS) is 1. The van der Waals surface area contributed by atoms with Crippen molar-refractivity contribution in [3.8, 4) is 17.3 Å². The third-order valence-corrected chi connectivity index (χ3v) is 5.97. The van der Waals surface area contributed by atoms with Crippen molar-refractivity contribution in [2.45, 2.75) is 32.5 Å². The summed E-state index contributed by atoms with van der Waals surface area (Å²) in [5.41, 5.74) is 6.58. The summed E-state index contributed by atoms with van der Waals surface area (Å²) in [5.74, 6) is 0.0872. The minimum Gasteiger partial charge on any atom is -0.483 e. The van der Waals surface area contributed by atoms with Gasteiger partial charge in [0.05, 0.1) is 49.7 Å². The number of carbonyl (C=O) groups is 2. The third-order valence-electron chi connectivity index (χ3n) is 5.97. The first-order chi connectivity index (χ1) is 20.7. The van der Waals surface area contributed by atoms with Crippen LogP contribution in [0.2, 0.25) is 0 Å². The second-order valence-corrected chi connectivity index (χ2v) is 8.79. The Labute approximate surface area is 244 Å². The molecule has 1 amide bonds. The number of halogens is 3. The van der Waals surface area contributed by atoms with Crippen molar-refractivity contribution in [3.63, 3.8) is 0 Å². The number of nitrogens with one attached hydrogen (secondary N) is 2. The van der Waals surface area contributed by atoms with E-state index in [-0.39, 0.29) is 36.6 Å². The predicted octanol–water partition coefficient (Wildman–Crippen LogP) is 3.24. The number of nitrogens with two attached hydrogens (primary N) is 1. The highest BCUT2D eigenvalue weighted by Crippen LogP contribution is 2.37. The molecule has 0 radical (unpaired) electrons. The van der Waals surface area contributed by atoms with Crippen molar-refractivity contribution < 1.29 is 32.6 Å². The zero-order chi connectivity index (χ0) is 31.4. The summed E-state index contributed by atoms with van der Waals surface area (Å²) in [5, 5.41) is 25.3. The standard InChI is InChI=1S/C26H28F3N9O2.CH2O2/c1-2-17-14-18(4-5-19(17)25(39)33-9-13-40-12-7-31)35-23-24-34-15-21(38(24)11-8-32-23)20-16-37(10-3-6-30)36-22(20)26(27,28)29;2-1-3/h4-5,8,11,14-16H,2-3,7,9-10,12-13,31H2,1H3,(H,32,35)(H,33,39);1H,(H,2,3). The number of aryl methyl sites for hydroxylation is 2. The number of aromatic nitrogens is 5. The number of amides is 1. The molecular formula is C27H30F3N9O4. The number of nitriles is 1. The molecule has 13 nitrogen and oxygen atoms in total. The van der Waals surface area contributed by atoms with Crippen molar-refractivity contribution in [1.82, 2.24) is 29.5 Å². The lowest BCUT2D eigenvalue weighted by molar-refractivity contribution is -0.141. The number of alkyl halides is 3. The zero-order valence-electron chi connectivity index (χ0n) is 23.1. The molecule has 0 unspecified atom stereocenters. The summed E-state index contributed by atoms with van der Waals surface area (Å²) >= 11 is 0. The lowest BCUT2D eigenvalue weighted by atomic mass is 10.0. The minimum absolute atomic E-state index is 0.0208. The van der Waals surface area contributed by atoms with Crippen LogP contribution in [-0.2, 0) is 28.7 Å². The van der Waals surface area contributed by atoms with Gasteiger partial charge >= 0.3 is 6.18 Å². The highest BCUT2D eigenvalue weighted by molar-refractivity contribution is 5.96. The molecule has 1 aromatic carbocycles. The van der Waals surface area contributed by atoms with E-state index in [1.807, 2.05) is 19.1 Å². The maximum Gasteiger partial charge on any atom is 0.435 e. The van der Waals surface area contributed by atoms with E-state index >= 15 is 0 Å². The van der Waals surface area contributed by atoms with E-state index in [1.54, 1.807) is 12.1 Å². The lowest BCUT2D eigenvalue weighted by Gasteiger charge is -2.13. The van der Waals surface area contributed by atoms with Crippen LogP contribution in [0.25, 0.3) is 16.9 Å². The van der Waals surface area contributed by atoms with Crippen molar-refractivity contribution in [2.24, 2.45) is 5.73 Å². The summed E-state index contributed by atoms with van der Waals surface area (Å²) in [7, 11) is 0. The van der Waals surface area contributed by atoms with Gasteiger partial charge in [0.15, 0.2) is 17.2 Å². The SMILES string of the molecule is CCc1cc(Nc2nccn3c(-c4cn(CCC#N)nc4C(F)(F)F)cnc23)ccc1C(=O)NCCOCCN.O=CO. The number of hydrogen-bond donors (Lipinski definition) is 4. The second kappa shape index (κ2) is 15.3. The van der Waals surface area contributed by atoms with Gasteiger partial charge in [-0.1, -0.05) is 6.92 Å². The zero-order valence-corrected chi connectivity index (χ0v) is 23.1. The maximum atomic E-state index is 13.8. The van der Waals surface area contributed by atoms with Crippen LogP contribution in [0.5, 0.6) is 0 Å². The first kappa shape index (κ1) is 32.5. The smallest absolute Gasteiger partial charge is 0.435 e. The quantitative estimate of drug-likeness (QED) is 0.139. The van der Waals surface area contributed by atoms with Crippen LogP contribution in [0.4, 0.5) is 24.7 Å². The normalized spacial score (nSPS) is 11.0. The Bertz CT molecular complexity index is 1580. The third kappa shape index (κ3) is 8.27. The average Bonchev–Trinajstić information content (AvgIpc) is 3.61. The fourth-order valence-corrected chi connectivity index (χ4v) is 4.14. The predicted molar refractivity (Wildman–Crippen MR) is 149 cm³/mol. The van der Waals surface area contributed by atoms with Crippen LogP contribution in [0.1, 0.15) is 35.0 Å². The molecule has 0 aliphatic rings. The number of hydrogen-bond acceptors (Lipinski definition) is 9. The molecule has 43 heavy (non-hydrogen) atoms. The van der Waals surface area contributed by atoms with Crippen LogP contribution in [0, 0.1) is 11.3 Å². The van der Waals surface area contributed by atoms with Gasteiger partial charge in [0.25, 0.3) is 12.4 Å². The molecule has 0 saturated carbocycles. The van der Waals surface area contributed by atoms with Crippen molar-refractivity contribution in [3.05, 3.63) is 59.8 Å². The lowest BCUT2D eigenvalue weighted by Crippen LogP contribution is -2.28. The Balaban J connectivity index is 0.00000162. The van der Waals surface area contributed by atoms with E-state index in [0.717, 1.165) is 10.2 Å². The van der Waals surface area contributed by atoms with Crippen LogP contribution < -0.4 is 16.4 Å². The molecular weight excluding hydrogens is 571 g/mol. The van der Waals surface area contributed by atoms with Gasteiger partial charge in [0, 0.05) is 42.9 Å². The summed E-state index contributed by atoms with van der Waals surface area (Å²) in [6.07, 6.45) is 1.45. The van der Waals surface area contributed by atoms with E-state index < -0.39 is 11.9 Å². The molecule has 0 aliphatic heterocycles. The topological polar surface area (TPSA) is 185 Å². The van der Waals surface area contributed by atoms with Gasteiger partial charge in [-0.3, -0.25) is 18.7 Å². The van der Waals surface area contributed by atoms with Crippen LogP contribution >= 0.6 is 0 Å². The van der Waals surface area contributed by atoms with Crippen molar-refractivity contribution in [2.75, 3.05) is 31.6 Å². The first-order valence-electron chi connectivity index (χ1n) is 13.1. The Morgan fingerprint density at radius 1 is 1.28 bits per heavy atom. The molecule has 3 heterocycles. The highest BCUT2D eigenvalue weighted by Gasteiger charge is 2.38. The molecule has 4 aromatic rings. The van der Waals surface area contributed by atoms with Crippen LogP contribution in [0.15, 0.2) is 43.0 Å². The van der Waals surface area contributed by atoms with Gasteiger partial charge in [-0.05, 0) is 30.2 Å². The van der Waals surface area contributed by atoms with Gasteiger partial charge in [-0.15, -0.1) is 0 Å². The van der Waals surface area contributed by atoms with Gasteiger partial charge in [0.1, 0.15) is 0 Å². The number of nitrogens with zero attached hydrogens (tertiary/aromatic N) is 6.